The molecular weight excluding hydrogens is 533 g/mol. The van der Waals surface area contributed by atoms with E-state index >= 15 is 0 Å². The van der Waals surface area contributed by atoms with Crippen molar-refractivity contribution in [2.45, 2.75) is 24.2 Å². The molecule has 0 atom stereocenters. The minimum atomic E-state index is -0.869. The van der Waals surface area contributed by atoms with E-state index in [0.29, 0.717) is 0 Å². The SMILES string of the molecule is CCC[CH2][Sn][N](c1ccccc1)c1cccc2c1oc1c(-c3ccccc3)cc3ccccc3c12. The van der Waals surface area contributed by atoms with Crippen molar-refractivity contribution in [3.8, 4) is 11.1 Å². The summed E-state index contributed by atoms with van der Waals surface area (Å²) in [5.74, 6) is 0. The van der Waals surface area contributed by atoms with Crippen LogP contribution in [0.4, 0.5) is 11.4 Å². The number of benzene rings is 5. The van der Waals surface area contributed by atoms with E-state index < -0.39 is 21.4 Å². The average Bonchev–Trinajstić information content (AvgIpc) is 3.32. The molecule has 0 spiro atoms. The van der Waals surface area contributed by atoms with Gasteiger partial charge in [-0.1, -0.05) is 0 Å². The summed E-state index contributed by atoms with van der Waals surface area (Å²) in [5, 5.41) is 4.90. The van der Waals surface area contributed by atoms with Crippen LogP contribution in [0.1, 0.15) is 19.8 Å². The van der Waals surface area contributed by atoms with Crippen LogP contribution in [0.25, 0.3) is 43.8 Å². The predicted octanol–water partition coefficient (Wildman–Crippen LogP) is 9.38. The van der Waals surface area contributed by atoms with E-state index in [1.165, 1.54) is 55.8 Å². The molecule has 0 bridgehead atoms. The van der Waals surface area contributed by atoms with Gasteiger partial charge in [0.1, 0.15) is 0 Å². The number of unbranched alkanes of at least 4 members (excludes halogenated alkanes) is 1. The van der Waals surface area contributed by atoms with Gasteiger partial charge >= 0.3 is 218 Å². The molecule has 0 fully saturated rings. The molecule has 6 aromatic rings. The maximum atomic E-state index is 6.87. The second-order valence-electron chi connectivity index (χ2n) is 8.90. The third-order valence-electron chi connectivity index (χ3n) is 6.61. The summed E-state index contributed by atoms with van der Waals surface area (Å²) in [6.45, 7) is 2.28. The van der Waals surface area contributed by atoms with Crippen LogP contribution in [-0.4, -0.2) is 21.4 Å². The molecule has 35 heavy (non-hydrogen) atoms. The zero-order chi connectivity index (χ0) is 23.6. The third kappa shape index (κ3) is 4.10. The van der Waals surface area contributed by atoms with Crippen LogP contribution in [0.3, 0.4) is 0 Å². The van der Waals surface area contributed by atoms with Crippen LogP contribution in [0, 0.1) is 0 Å². The molecule has 0 aliphatic rings. The number of para-hydroxylation sites is 2. The molecule has 0 aliphatic carbocycles. The summed E-state index contributed by atoms with van der Waals surface area (Å²) >= 11 is -0.869. The molecule has 2 nitrogen and oxygen atoms in total. The van der Waals surface area contributed by atoms with Crippen molar-refractivity contribution < 1.29 is 4.42 Å². The molecule has 0 saturated carbocycles. The molecule has 6 rings (SSSR count). The van der Waals surface area contributed by atoms with E-state index in [-0.39, 0.29) is 0 Å². The van der Waals surface area contributed by atoms with E-state index in [1.54, 1.807) is 0 Å². The van der Waals surface area contributed by atoms with Crippen LogP contribution in [-0.2, 0) is 0 Å². The Labute approximate surface area is 216 Å². The van der Waals surface area contributed by atoms with Crippen molar-refractivity contribution >= 4 is 65.5 Å². The van der Waals surface area contributed by atoms with E-state index in [4.69, 9.17) is 4.42 Å². The van der Waals surface area contributed by atoms with Crippen LogP contribution in [0.2, 0.25) is 4.44 Å². The Hall–Kier alpha value is -3.24. The first kappa shape index (κ1) is 22.2. The summed E-state index contributed by atoms with van der Waals surface area (Å²) in [4.78, 5) is 0. The quantitative estimate of drug-likeness (QED) is 0.143. The summed E-state index contributed by atoms with van der Waals surface area (Å²) in [6.07, 6.45) is 2.53. The summed E-state index contributed by atoms with van der Waals surface area (Å²) in [5.41, 5.74) is 6.79. The predicted molar refractivity (Wildman–Crippen MR) is 151 cm³/mol. The zero-order valence-corrected chi connectivity index (χ0v) is 22.7. The van der Waals surface area contributed by atoms with Crippen molar-refractivity contribution in [2.24, 2.45) is 0 Å². The molecule has 0 amide bonds. The second kappa shape index (κ2) is 9.79. The van der Waals surface area contributed by atoms with E-state index in [0.717, 1.165) is 16.7 Å². The van der Waals surface area contributed by atoms with Gasteiger partial charge in [0.05, 0.1) is 0 Å². The van der Waals surface area contributed by atoms with Crippen molar-refractivity contribution in [1.82, 2.24) is 0 Å². The van der Waals surface area contributed by atoms with Crippen molar-refractivity contribution in [3.05, 3.63) is 109 Å². The molecule has 0 N–H and O–H groups in total. The summed E-state index contributed by atoms with van der Waals surface area (Å²) in [6, 6.07) is 39.1. The number of rotatable bonds is 7. The van der Waals surface area contributed by atoms with Crippen LogP contribution >= 0.6 is 0 Å². The van der Waals surface area contributed by atoms with Gasteiger partial charge in [0.15, 0.2) is 0 Å². The standard InChI is InChI=1S/C28H18NO.C4H9.Sn/c1-3-10-19(11-4-1)24-18-20-12-7-8-15-22(20)26-23-16-9-17-25(27(23)30-28(24)26)29-21-13-5-2-6-14-21;1-3-4-2;/h1-18H;1,3-4H2,2H3;/q-1;;+1. The van der Waals surface area contributed by atoms with Crippen molar-refractivity contribution in [1.29, 1.82) is 0 Å². The summed E-state index contributed by atoms with van der Waals surface area (Å²) in [7, 11) is 0. The number of hydrogen-bond donors (Lipinski definition) is 0. The molecule has 170 valence electrons. The fourth-order valence-electron chi connectivity index (χ4n) is 4.90. The Kier molecular flexibility index (Phi) is 6.22. The molecule has 1 aromatic heterocycles. The van der Waals surface area contributed by atoms with Crippen molar-refractivity contribution in [2.75, 3.05) is 3.12 Å². The molecule has 0 aliphatic heterocycles. The monoisotopic (exact) mass is 561 g/mol. The van der Waals surface area contributed by atoms with Gasteiger partial charge in [0.25, 0.3) is 0 Å². The Morgan fingerprint density at radius 1 is 0.714 bits per heavy atom. The first-order chi connectivity index (χ1) is 17.3. The minimum absolute atomic E-state index is 0.869. The normalized spacial score (nSPS) is 11.5. The van der Waals surface area contributed by atoms with Crippen LogP contribution in [0.15, 0.2) is 114 Å². The molecule has 0 saturated heterocycles. The van der Waals surface area contributed by atoms with Gasteiger partial charge in [0, 0.05) is 0 Å². The molecule has 1 heterocycles. The fraction of sp³-hybridized carbons (Fsp3) is 0.125. The Balaban J connectivity index is 1.65. The number of anilines is 2. The topological polar surface area (TPSA) is 16.4 Å². The molecular formula is C32H27NOSn. The van der Waals surface area contributed by atoms with Gasteiger partial charge in [-0.3, -0.25) is 0 Å². The van der Waals surface area contributed by atoms with E-state index in [2.05, 4.69) is 119 Å². The number of nitrogens with zero attached hydrogens (tertiary/aromatic N) is 1. The summed E-state index contributed by atoms with van der Waals surface area (Å²) < 4.78 is 10.8. The molecule has 0 unspecified atom stereocenters. The van der Waals surface area contributed by atoms with Crippen LogP contribution in [0.5, 0.6) is 0 Å². The van der Waals surface area contributed by atoms with Gasteiger partial charge in [-0.2, -0.15) is 0 Å². The first-order valence-corrected chi connectivity index (χ1v) is 15.7. The van der Waals surface area contributed by atoms with Gasteiger partial charge in [-0.25, -0.2) is 0 Å². The zero-order valence-electron chi connectivity index (χ0n) is 19.9. The Bertz CT molecular complexity index is 1610. The molecule has 5 aromatic carbocycles. The third-order valence-corrected chi connectivity index (χ3v) is 10.6. The fourth-order valence-corrected chi connectivity index (χ4v) is 8.94. The maximum absolute atomic E-state index is 6.87. The molecule has 3 heteroatoms. The van der Waals surface area contributed by atoms with E-state index in [1.807, 2.05) is 0 Å². The Morgan fingerprint density at radius 3 is 2.23 bits per heavy atom. The molecule has 2 radical (unpaired) electrons. The van der Waals surface area contributed by atoms with Gasteiger partial charge in [0.2, 0.25) is 0 Å². The van der Waals surface area contributed by atoms with Crippen LogP contribution < -0.4 is 3.12 Å². The van der Waals surface area contributed by atoms with Gasteiger partial charge < -0.3 is 0 Å². The number of fused-ring (bicyclic) bond motifs is 5. The Morgan fingerprint density at radius 2 is 1.43 bits per heavy atom. The van der Waals surface area contributed by atoms with Gasteiger partial charge in [-0.05, 0) is 0 Å². The number of furan rings is 1. The average molecular weight is 560 g/mol. The van der Waals surface area contributed by atoms with Crippen molar-refractivity contribution in [3.63, 3.8) is 0 Å². The second-order valence-corrected chi connectivity index (χ2v) is 12.5. The number of hydrogen-bond acceptors (Lipinski definition) is 2. The van der Waals surface area contributed by atoms with E-state index in [9.17, 15) is 0 Å². The van der Waals surface area contributed by atoms with Gasteiger partial charge in [-0.15, -0.1) is 0 Å². The first-order valence-electron chi connectivity index (χ1n) is 12.4.